The van der Waals surface area contributed by atoms with Crippen LogP contribution in [0.4, 0.5) is 4.39 Å². The van der Waals surface area contributed by atoms with Crippen LogP contribution in [0, 0.1) is 5.82 Å². The summed E-state index contributed by atoms with van der Waals surface area (Å²) in [6.45, 7) is 1.93. The van der Waals surface area contributed by atoms with E-state index in [0.29, 0.717) is 29.5 Å². The molecule has 21 heavy (non-hydrogen) atoms. The lowest BCUT2D eigenvalue weighted by Gasteiger charge is -2.07. The van der Waals surface area contributed by atoms with Gasteiger partial charge in [0, 0.05) is 10.8 Å². The molecule has 0 bridgehead atoms. The number of carbonyl (C=O) groups excluding carboxylic acids is 1. The second kappa shape index (κ2) is 7.21. The zero-order valence-electron chi connectivity index (χ0n) is 11.7. The summed E-state index contributed by atoms with van der Waals surface area (Å²) in [4.78, 5) is 15.4. The molecule has 1 aromatic heterocycles. The minimum absolute atomic E-state index is 0.102. The Morgan fingerprint density at radius 3 is 2.81 bits per heavy atom. The topological polar surface area (TPSA) is 65.2 Å². The number of benzene rings is 1. The van der Waals surface area contributed by atoms with E-state index in [1.165, 1.54) is 31.0 Å². The lowest BCUT2D eigenvalue weighted by Crippen LogP contribution is -2.08. The van der Waals surface area contributed by atoms with Crippen molar-refractivity contribution in [3.63, 3.8) is 0 Å². The van der Waals surface area contributed by atoms with E-state index in [4.69, 9.17) is 4.52 Å². The Kier molecular flexibility index (Phi) is 5.32. The Bertz CT molecular complexity index is 601. The van der Waals surface area contributed by atoms with Crippen molar-refractivity contribution in [3.05, 3.63) is 35.9 Å². The molecule has 0 saturated carbocycles. The number of thioether (sulfide) groups is 1. The number of halogens is 1. The van der Waals surface area contributed by atoms with E-state index in [1.807, 2.05) is 6.92 Å². The van der Waals surface area contributed by atoms with Crippen LogP contribution in [-0.4, -0.2) is 28.5 Å². The van der Waals surface area contributed by atoms with Gasteiger partial charge in [-0.05, 0) is 24.3 Å². The van der Waals surface area contributed by atoms with Crippen LogP contribution in [-0.2, 0) is 15.3 Å². The van der Waals surface area contributed by atoms with Gasteiger partial charge in [0.2, 0.25) is 0 Å². The predicted octanol–water partition coefficient (Wildman–Crippen LogP) is 3.06. The number of esters is 1. The molecule has 112 valence electrons. The molecule has 0 unspecified atom stereocenters. The number of hydrogen-bond acceptors (Lipinski definition) is 6. The van der Waals surface area contributed by atoms with E-state index in [-0.39, 0.29) is 17.0 Å². The van der Waals surface area contributed by atoms with E-state index in [0.717, 1.165) is 0 Å². The standard InChI is InChI=1S/C14H15FN2O3S/c1-9(7-13(18)19-2)21-8-12-16-14(20-17-12)10-3-5-11(15)6-4-10/h3-6,9H,7-8H2,1-2H3/t9-/m1/s1. The van der Waals surface area contributed by atoms with Gasteiger partial charge >= 0.3 is 5.97 Å². The van der Waals surface area contributed by atoms with Crippen molar-refractivity contribution in [1.29, 1.82) is 0 Å². The first kappa shape index (κ1) is 15.5. The predicted molar refractivity (Wildman–Crippen MR) is 77.1 cm³/mol. The molecule has 0 saturated heterocycles. The quantitative estimate of drug-likeness (QED) is 0.764. The van der Waals surface area contributed by atoms with Crippen LogP contribution in [0.1, 0.15) is 19.2 Å². The summed E-state index contributed by atoms with van der Waals surface area (Å²) in [5.74, 6) is 0.867. The van der Waals surface area contributed by atoms with Crippen molar-refractivity contribution in [2.45, 2.75) is 24.3 Å². The van der Waals surface area contributed by atoms with Crippen LogP contribution in [0.5, 0.6) is 0 Å². The Morgan fingerprint density at radius 1 is 1.43 bits per heavy atom. The largest absolute Gasteiger partial charge is 0.469 e. The highest BCUT2D eigenvalue weighted by atomic mass is 32.2. The first-order valence-corrected chi connectivity index (χ1v) is 7.40. The van der Waals surface area contributed by atoms with Gasteiger partial charge in [0.15, 0.2) is 5.82 Å². The Labute approximate surface area is 125 Å². The minimum atomic E-state index is -0.314. The molecular formula is C14H15FN2O3S. The highest BCUT2D eigenvalue weighted by molar-refractivity contribution is 7.99. The zero-order valence-corrected chi connectivity index (χ0v) is 12.5. The molecule has 5 nitrogen and oxygen atoms in total. The maximum Gasteiger partial charge on any atom is 0.306 e. The Balaban J connectivity index is 1.91. The number of rotatable bonds is 6. The third-order valence-corrected chi connectivity index (χ3v) is 3.90. The average Bonchev–Trinajstić information content (AvgIpc) is 2.94. The number of ether oxygens (including phenoxy) is 1. The molecule has 0 N–H and O–H groups in total. The second-order valence-electron chi connectivity index (χ2n) is 4.42. The molecule has 2 aromatic rings. The Morgan fingerprint density at radius 2 is 2.14 bits per heavy atom. The maximum atomic E-state index is 12.8. The summed E-state index contributed by atoms with van der Waals surface area (Å²) in [5.41, 5.74) is 0.669. The summed E-state index contributed by atoms with van der Waals surface area (Å²) < 4.78 is 22.6. The number of methoxy groups -OCH3 is 1. The lowest BCUT2D eigenvalue weighted by molar-refractivity contribution is -0.140. The molecule has 0 spiro atoms. The molecule has 0 fully saturated rings. The minimum Gasteiger partial charge on any atom is -0.469 e. The molecule has 0 aliphatic heterocycles. The van der Waals surface area contributed by atoms with E-state index < -0.39 is 0 Å². The smallest absolute Gasteiger partial charge is 0.306 e. The van der Waals surface area contributed by atoms with Gasteiger partial charge in [-0.15, -0.1) is 11.8 Å². The fourth-order valence-electron chi connectivity index (χ4n) is 1.62. The van der Waals surface area contributed by atoms with Crippen molar-refractivity contribution >= 4 is 17.7 Å². The third kappa shape index (κ3) is 4.56. The van der Waals surface area contributed by atoms with Gasteiger partial charge in [0.1, 0.15) is 5.82 Å². The van der Waals surface area contributed by atoms with E-state index >= 15 is 0 Å². The Hall–Kier alpha value is -1.89. The number of carbonyl (C=O) groups is 1. The normalized spacial score (nSPS) is 12.1. The molecule has 7 heteroatoms. The SMILES string of the molecule is COC(=O)C[C@@H](C)SCc1noc(-c2ccc(F)cc2)n1. The van der Waals surface area contributed by atoms with Crippen LogP contribution in [0.25, 0.3) is 11.5 Å². The summed E-state index contributed by atoms with van der Waals surface area (Å²) in [7, 11) is 1.37. The van der Waals surface area contributed by atoms with Crippen LogP contribution in [0.3, 0.4) is 0 Å². The van der Waals surface area contributed by atoms with Crippen molar-refractivity contribution in [2.75, 3.05) is 7.11 Å². The van der Waals surface area contributed by atoms with Crippen LogP contribution in [0.2, 0.25) is 0 Å². The molecule has 2 rings (SSSR count). The molecule has 0 radical (unpaired) electrons. The molecule has 1 heterocycles. The number of hydrogen-bond donors (Lipinski definition) is 0. The van der Waals surface area contributed by atoms with Gasteiger partial charge in [0.05, 0.1) is 19.3 Å². The molecule has 1 aromatic carbocycles. The maximum absolute atomic E-state index is 12.8. The van der Waals surface area contributed by atoms with Gasteiger partial charge < -0.3 is 9.26 Å². The van der Waals surface area contributed by atoms with E-state index in [1.54, 1.807) is 12.1 Å². The van der Waals surface area contributed by atoms with Crippen molar-refractivity contribution in [1.82, 2.24) is 10.1 Å². The zero-order chi connectivity index (χ0) is 15.2. The number of nitrogens with zero attached hydrogens (tertiary/aromatic N) is 2. The first-order valence-electron chi connectivity index (χ1n) is 6.35. The van der Waals surface area contributed by atoms with Gasteiger partial charge in [-0.3, -0.25) is 4.79 Å². The molecular weight excluding hydrogens is 295 g/mol. The summed E-state index contributed by atoms with van der Waals surface area (Å²) >= 11 is 1.54. The monoisotopic (exact) mass is 310 g/mol. The van der Waals surface area contributed by atoms with Crippen molar-refractivity contribution in [2.24, 2.45) is 0 Å². The molecule has 0 aliphatic rings. The van der Waals surface area contributed by atoms with Crippen LogP contribution in [0.15, 0.2) is 28.8 Å². The summed E-state index contributed by atoms with van der Waals surface area (Å²) in [5, 5.41) is 3.97. The van der Waals surface area contributed by atoms with Crippen molar-refractivity contribution < 1.29 is 18.4 Å². The highest BCUT2D eigenvalue weighted by Gasteiger charge is 2.13. The summed E-state index contributed by atoms with van der Waals surface area (Å²) in [6, 6.07) is 5.85. The third-order valence-electron chi connectivity index (χ3n) is 2.74. The summed E-state index contributed by atoms with van der Waals surface area (Å²) in [6.07, 6.45) is 0.337. The van der Waals surface area contributed by atoms with Gasteiger partial charge in [-0.1, -0.05) is 12.1 Å². The fourth-order valence-corrected chi connectivity index (χ4v) is 2.42. The van der Waals surface area contributed by atoms with Gasteiger partial charge in [-0.2, -0.15) is 4.98 Å². The highest BCUT2D eigenvalue weighted by Crippen LogP contribution is 2.22. The average molecular weight is 310 g/mol. The molecule has 1 atom stereocenters. The van der Waals surface area contributed by atoms with Gasteiger partial charge in [0.25, 0.3) is 5.89 Å². The van der Waals surface area contributed by atoms with E-state index in [9.17, 15) is 9.18 Å². The van der Waals surface area contributed by atoms with Crippen LogP contribution < -0.4 is 0 Å². The van der Waals surface area contributed by atoms with Gasteiger partial charge in [-0.25, -0.2) is 4.39 Å². The van der Waals surface area contributed by atoms with Crippen LogP contribution >= 0.6 is 11.8 Å². The number of aromatic nitrogens is 2. The molecule has 0 amide bonds. The fraction of sp³-hybridized carbons (Fsp3) is 0.357. The lowest BCUT2D eigenvalue weighted by atomic mass is 10.2. The van der Waals surface area contributed by atoms with E-state index in [2.05, 4.69) is 14.9 Å². The molecule has 0 aliphatic carbocycles. The van der Waals surface area contributed by atoms with Crippen molar-refractivity contribution in [3.8, 4) is 11.5 Å². The second-order valence-corrected chi connectivity index (χ2v) is 5.85. The first-order chi connectivity index (χ1) is 10.1.